The van der Waals surface area contributed by atoms with Crippen molar-refractivity contribution in [2.75, 3.05) is 31.6 Å². The molecule has 5 nitrogen and oxygen atoms in total. The van der Waals surface area contributed by atoms with Crippen molar-refractivity contribution >= 4 is 5.82 Å². The van der Waals surface area contributed by atoms with Crippen molar-refractivity contribution in [1.29, 1.82) is 0 Å². The number of ether oxygens (including phenoxy) is 1. The van der Waals surface area contributed by atoms with Gasteiger partial charge in [-0.1, -0.05) is 13.8 Å². The number of rotatable bonds is 6. The number of hydrogen-bond acceptors (Lipinski definition) is 5. The van der Waals surface area contributed by atoms with Crippen molar-refractivity contribution in [3.8, 4) is 0 Å². The van der Waals surface area contributed by atoms with Gasteiger partial charge in [0.05, 0.1) is 11.3 Å². The zero-order valence-corrected chi connectivity index (χ0v) is 13.7. The highest BCUT2D eigenvalue weighted by atomic mass is 16.5. The highest BCUT2D eigenvalue weighted by Gasteiger charge is 2.31. The number of nitrogens with zero attached hydrogens (tertiary/aromatic N) is 3. The Hall–Kier alpha value is -1.20. The van der Waals surface area contributed by atoms with Gasteiger partial charge in [0.15, 0.2) is 5.82 Å². The Morgan fingerprint density at radius 1 is 1.38 bits per heavy atom. The van der Waals surface area contributed by atoms with Crippen molar-refractivity contribution in [2.24, 2.45) is 5.92 Å². The second kappa shape index (κ2) is 7.18. The van der Waals surface area contributed by atoms with Gasteiger partial charge in [-0.15, -0.1) is 5.10 Å². The lowest BCUT2D eigenvalue weighted by molar-refractivity contribution is -0.00484. The summed E-state index contributed by atoms with van der Waals surface area (Å²) in [5, 5.41) is 12.1. The molecule has 5 heteroatoms. The van der Waals surface area contributed by atoms with Crippen LogP contribution in [-0.2, 0) is 11.3 Å². The van der Waals surface area contributed by atoms with Gasteiger partial charge in [-0.05, 0) is 44.4 Å². The average Bonchev–Trinajstić information content (AvgIpc) is 2.48. The van der Waals surface area contributed by atoms with Crippen LogP contribution >= 0.6 is 0 Å². The van der Waals surface area contributed by atoms with Crippen LogP contribution in [0.3, 0.4) is 0 Å². The second-order valence-electron chi connectivity index (χ2n) is 6.59. The first kappa shape index (κ1) is 16.2. The minimum atomic E-state index is -0.0720. The van der Waals surface area contributed by atoms with Crippen LogP contribution < -0.4 is 10.2 Å². The first-order chi connectivity index (χ1) is 10.0. The van der Waals surface area contributed by atoms with Crippen molar-refractivity contribution < 1.29 is 4.74 Å². The fraction of sp³-hybridized carbons (Fsp3) is 0.750. The molecule has 1 aromatic rings. The van der Waals surface area contributed by atoms with Crippen molar-refractivity contribution in [2.45, 2.75) is 45.8 Å². The Kier molecular flexibility index (Phi) is 5.53. The van der Waals surface area contributed by atoms with Crippen LogP contribution in [0.1, 0.15) is 39.3 Å². The van der Waals surface area contributed by atoms with Crippen LogP contribution in [0.5, 0.6) is 0 Å². The van der Waals surface area contributed by atoms with E-state index in [0.29, 0.717) is 5.92 Å². The monoisotopic (exact) mass is 292 g/mol. The topological polar surface area (TPSA) is 50.3 Å². The zero-order chi connectivity index (χ0) is 15.3. The molecule has 1 unspecified atom stereocenters. The summed E-state index contributed by atoms with van der Waals surface area (Å²) in [5.41, 5.74) is 0.920. The SMILES string of the molecule is COC1(C)CCCN(c2ccc(CNCC(C)C)nn2)C1. The summed E-state index contributed by atoms with van der Waals surface area (Å²) in [5.74, 6) is 1.60. The van der Waals surface area contributed by atoms with Gasteiger partial charge < -0.3 is 15.0 Å². The third-order valence-corrected chi connectivity index (χ3v) is 4.04. The van der Waals surface area contributed by atoms with Gasteiger partial charge in [0.25, 0.3) is 0 Å². The number of nitrogens with one attached hydrogen (secondary N) is 1. The van der Waals surface area contributed by atoms with Gasteiger partial charge >= 0.3 is 0 Å². The molecule has 0 radical (unpaired) electrons. The summed E-state index contributed by atoms with van der Waals surface area (Å²) < 4.78 is 5.63. The van der Waals surface area contributed by atoms with E-state index < -0.39 is 0 Å². The molecule has 1 N–H and O–H groups in total. The van der Waals surface area contributed by atoms with Gasteiger partial charge in [-0.25, -0.2) is 0 Å². The quantitative estimate of drug-likeness (QED) is 0.871. The summed E-state index contributed by atoms with van der Waals surface area (Å²) >= 11 is 0. The molecule has 2 rings (SSSR count). The van der Waals surface area contributed by atoms with E-state index in [0.717, 1.165) is 50.5 Å². The number of anilines is 1. The van der Waals surface area contributed by atoms with Crippen LogP contribution in [0.2, 0.25) is 0 Å². The summed E-state index contributed by atoms with van der Waals surface area (Å²) in [6.07, 6.45) is 2.23. The van der Waals surface area contributed by atoms with E-state index in [1.807, 2.05) is 0 Å². The van der Waals surface area contributed by atoms with Crippen molar-refractivity contribution in [3.63, 3.8) is 0 Å². The van der Waals surface area contributed by atoms with E-state index in [9.17, 15) is 0 Å². The van der Waals surface area contributed by atoms with E-state index in [2.05, 4.69) is 53.3 Å². The maximum Gasteiger partial charge on any atom is 0.151 e. The van der Waals surface area contributed by atoms with Crippen molar-refractivity contribution in [1.82, 2.24) is 15.5 Å². The summed E-state index contributed by atoms with van der Waals surface area (Å²) in [7, 11) is 1.79. The van der Waals surface area contributed by atoms with Gasteiger partial charge in [0, 0.05) is 26.7 Å². The Bertz CT molecular complexity index is 434. The molecule has 0 aromatic carbocycles. The third-order valence-electron chi connectivity index (χ3n) is 4.04. The molecule has 2 heterocycles. The number of aromatic nitrogens is 2. The molecule has 21 heavy (non-hydrogen) atoms. The van der Waals surface area contributed by atoms with Gasteiger partial charge in [0.2, 0.25) is 0 Å². The Morgan fingerprint density at radius 2 is 2.19 bits per heavy atom. The highest BCUT2D eigenvalue weighted by molar-refractivity contribution is 5.38. The fourth-order valence-electron chi connectivity index (χ4n) is 2.67. The standard InChI is InChI=1S/C16H28N4O/c1-13(2)10-17-11-14-6-7-15(19-18-14)20-9-5-8-16(3,12-20)21-4/h6-7,13,17H,5,8-12H2,1-4H3. The van der Waals surface area contributed by atoms with Gasteiger partial charge in [0.1, 0.15) is 0 Å². The van der Waals surface area contributed by atoms with E-state index >= 15 is 0 Å². The maximum atomic E-state index is 5.63. The van der Waals surface area contributed by atoms with E-state index in [1.54, 1.807) is 7.11 Å². The summed E-state index contributed by atoms with van der Waals surface area (Å²) in [6.45, 7) is 10.2. The molecule has 1 atom stereocenters. The zero-order valence-electron chi connectivity index (χ0n) is 13.7. The highest BCUT2D eigenvalue weighted by Crippen LogP contribution is 2.26. The van der Waals surface area contributed by atoms with Crippen LogP contribution in [0.25, 0.3) is 0 Å². The molecular formula is C16H28N4O. The van der Waals surface area contributed by atoms with Crippen molar-refractivity contribution in [3.05, 3.63) is 17.8 Å². The molecule has 1 saturated heterocycles. The normalized spacial score (nSPS) is 22.8. The predicted molar refractivity (Wildman–Crippen MR) is 85.4 cm³/mol. The fourth-order valence-corrected chi connectivity index (χ4v) is 2.67. The lowest BCUT2D eigenvalue weighted by atomic mass is 9.95. The Labute approximate surface area is 128 Å². The first-order valence-electron chi connectivity index (χ1n) is 7.86. The van der Waals surface area contributed by atoms with E-state index in [1.165, 1.54) is 0 Å². The van der Waals surface area contributed by atoms with Gasteiger partial charge in [-0.2, -0.15) is 5.10 Å². The Balaban J connectivity index is 1.92. The second-order valence-corrected chi connectivity index (χ2v) is 6.59. The van der Waals surface area contributed by atoms with Crippen LogP contribution in [0.15, 0.2) is 12.1 Å². The largest absolute Gasteiger partial charge is 0.377 e. The molecule has 0 aliphatic carbocycles. The van der Waals surface area contributed by atoms with E-state index in [4.69, 9.17) is 4.74 Å². The molecule has 1 fully saturated rings. The Morgan fingerprint density at radius 3 is 2.81 bits per heavy atom. The average molecular weight is 292 g/mol. The number of hydrogen-bond donors (Lipinski definition) is 1. The molecule has 1 aromatic heterocycles. The summed E-state index contributed by atoms with van der Waals surface area (Å²) in [4.78, 5) is 2.27. The van der Waals surface area contributed by atoms with E-state index in [-0.39, 0.29) is 5.60 Å². The molecular weight excluding hydrogens is 264 g/mol. The number of piperidine rings is 1. The molecule has 1 aliphatic heterocycles. The van der Waals surface area contributed by atoms with Gasteiger partial charge in [-0.3, -0.25) is 0 Å². The van der Waals surface area contributed by atoms with Crippen LogP contribution in [-0.4, -0.2) is 42.5 Å². The molecule has 0 spiro atoms. The predicted octanol–water partition coefficient (Wildman–Crippen LogP) is 2.23. The molecule has 0 amide bonds. The smallest absolute Gasteiger partial charge is 0.151 e. The molecule has 0 bridgehead atoms. The number of methoxy groups -OCH3 is 1. The molecule has 0 saturated carbocycles. The van der Waals surface area contributed by atoms with Crippen LogP contribution in [0, 0.1) is 5.92 Å². The summed E-state index contributed by atoms with van der Waals surface area (Å²) in [6, 6.07) is 4.13. The molecule has 1 aliphatic rings. The minimum absolute atomic E-state index is 0.0720. The lowest BCUT2D eigenvalue weighted by Crippen LogP contribution is -2.47. The first-order valence-corrected chi connectivity index (χ1v) is 7.86. The van der Waals surface area contributed by atoms with Crippen LogP contribution in [0.4, 0.5) is 5.82 Å². The molecule has 118 valence electrons. The maximum absolute atomic E-state index is 5.63. The minimum Gasteiger partial charge on any atom is -0.377 e. The third kappa shape index (κ3) is 4.64. The lowest BCUT2D eigenvalue weighted by Gasteiger charge is -2.39.